The van der Waals surface area contributed by atoms with E-state index in [1.165, 1.54) is 6.07 Å². The van der Waals surface area contributed by atoms with Crippen molar-refractivity contribution in [3.05, 3.63) is 29.3 Å². The van der Waals surface area contributed by atoms with Crippen molar-refractivity contribution < 1.29 is 14.7 Å². The number of carboxylic acid groups (broad SMARTS) is 1. The molecule has 0 saturated carbocycles. The number of carbonyl (C=O) groups is 2. The van der Waals surface area contributed by atoms with Crippen LogP contribution in [0.15, 0.2) is 18.2 Å². The summed E-state index contributed by atoms with van der Waals surface area (Å²) < 4.78 is 0. The second kappa shape index (κ2) is 6.89. The zero-order valence-corrected chi connectivity index (χ0v) is 11.5. The number of hydrogen-bond acceptors (Lipinski definition) is 3. The highest BCUT2D eigenvalue weighted by molar-refractivity contribution is 5.93. The van der Waals surface area contributed by atoms with Gasteiger partial charge >= 0.3 is 5.97 Å². The van der Waals surface area contributed by atoms with Crippen LogP contribution in [-0.2, 0) is 4.79 Å². The topological polar surface area (TPSA) is 78.4 Å². The number of aryl methyl sites for hydroxylation is 1. The van der Waals surface area contributed by atoms with Gasteiger partial charge in [-0.2, -0.15) is 0 Å². The Labute approximate surface area is 113 Å². The van der Waals surface area contributed by atoms with Crippen molar-refractivity contribution in [3.8, 4) is 0 Å². The molecule has 1 aromatic rings. The maximum absolute atomic E-state index is 11.8. The third-order valence-electron chi connectivity index (χ3n) is 2.78. The quantitative estimate of drug-likeness (QED) is 0.734. The van der Waals surface area contributed by atoms with Crippen LogP contribution in [0.5, 0.6) is 0 Å². The van der Waals surface area contributed by atoms with E-state index in [0.717, 1.165) is 6.54 Å². The molecule has 1 rings (SSSR count). The fourth-order valence-electron chi connectivity index (χ4n) is 1.89. The van der Waals surface area contributed by atoms with Crippen LogP contribution >= 0.6 is 0 Å². The van der Waals surface area contributed by atoms with Gasteiger partial charge in [0.15, 0.2) is 0 Å². The van der Waals surface area contributed by atoms with Gasteiger partial charge in [-0.25, -0.2) is 4.79 Å². The highest BCUT2D eigenvalue weighted by Crippen LogP contribution is 2.15. The lowest BCUT2D eigenvalue weighted by Crippen LogP contribution is -2.30. The summed E-state index contributed by atoms with van der Waals surface area (Å²) in [6.45, 7) is 6.46. The van der Waals surface area contributed by atoms with Crippen molar-refractivity contribution in [2.24, 2.45) is 0 Å². The van der Waals surface area contributed by atoms with Gasteiger partial charge in [-0.3, -0.25) is 4.79 Å². The maximum atomic E-state index is 11.8. The second-order valence-corrected chi connectivity index (χ2v) is 4.55. The third kappa shape index (κ3) is 4.71. The van der Waals surface area contributed by atoms with E-state index in [4.69, 9.17) is 5.11 Å². The third-order valence-corrected chi connectivity index (χ3v) is 2.78. The van der Waals surface area contributed by atoms with Crippen LogP contribution in [-0.4, -0.2) is 29.6 Å². The van der Waals surface area contributed by atoms with Crippen LogP contribution < -0.4 is 10.6 Å². The zero-order chi connectivity index (χ0) is 14.4. The fourth-order valence-corrected chi connectivity index (χ4v) is 1.89. The molecular formula is C14H20N2O3. The maximum Gasteiger partial charge on any atom is 0.335 e. The molecule has 104 valence electrons. The molecule has 0 radical (unpaired) electrons. The standard InChI is InChI=1S/C14H20N2O3/c1-4-15-10(3)8-13(17)16-11-5-6-12(14(18)19)9(2)7-11/h5-7,10,15H,4,8H2,1-3H3,(H,16,17)(H,18,19). The van der Waals surface area contributed by atoms with Gasteiger partial charge in [0.25, 0.3) is 0 Å². The van der Waals surface area contributed by atoms with Crippen LogP contribution in [0.4, 0.5) is 5.69 Å². The van der Waals surface area contributed by atoms with E-state index in [1.807, 2.05) is 13.8 Å². The monoisotopic (exact) mass is 264 g/mol. The van der Waals surface area contributed by atoms with E-state index < -0.39 is 5.97 Å². The molecule has 0 fully saturated rings. The van der Waals surface area contributed by atoms with Crippen molar-refractivity contribution in [1.29, 1.82) is 0 Å². The van der Waals surface area contributed by atoms with Gasteiger partial charge in [0.1, 0.15) is 0 Å². The van der Waals surface area contributed by atoms with Crippen molar-refractivity contribution >= 4 is 17.6 Å². The molecule has 1 unspecified atom stereocenters. The molecule has 0 heterocycles. The first-order valence-corrected chi connectivity index (χ1v) is 6.31. The smallest absolute Gasteiger partial charge is 0.335 e. The second-order valence-electron chi connectivity index (χ2n) is 4.55. The van der Waals surface area contributed by atoms with E-state index in [9.17, 15) is 9.59 Å². The fraction of sp³-hybridized carbons (Fsp3) is 0.429. The lowest BCUT2D eigenvalue weighted by molar-refractivity contribution is -0.116. The number of carbonyl (C=O) groups excluding carboxylic acids is 1. The summed E-state index contributed by atoms with van der Waals surface area (Å²) in [5, 5.41) is 14.8. The Hall–Kier alpha value is -1.88. The number of nitrogens with one attached hydrogen (secondary N) is 2. The highest BCUT2D eigenvalue weighted by atomic mass is 16.4. The summed E-state index contributed by atoms with van der Waals surface area (Å²) in [5.74, 6) is -1.05. The van der Waals surface area contributed by atoms with Crippen LogP contribution in [0.1, 0.15) is 36.2 Å². The number of anilines is 1. The minimum atomic E-state index is -0.962. The first-order chi connectivity index (χ1) is 8.93. The zero-order valence-electron chi connectivity index (χ0n) is 11.5. The summed E-state index contributed by atoms with van der Waals surface area (Å²) in [6.07, 6.45) is 0.383. The number of carboxylic acids is 1. The molecule has 3 N–H and O–H groups in total. The molecule has 1 amide bonds. The van der Waals surface area contributed by atoms with Crippen LogP contribution in [0.2, 0.25) is 0 Å². The number of benzene rings is 1. The molecule has 0 aromatic heterocycles. The molecule has 0 saturated heterocycles. The van der Waals surface area contributed by atoms with E-state index in [0.29, 0.717) is 17.7 Å². The number of hydrogen-bond donors (Lipinski definition) is 3. The van der Waals surface area contributed by atoms with Gasteiger partial charge in [-0.05, 0) is 44.2 Å². The molecule has 1 atom stereocenters. The minimum absolute atomic E-state index is 0.0871. The van der Waals surface area contributed by atoms with Gasteiger partial charge in [0.05, 0.1) is 5.56 Å². The molecule has 0 bridgehead atoms. The molecule has 0 spiro atoms. The minimum Gasteiger partial charge on any atom is -0.478 e. The lowest BCUT2D eigenvalue weighted by atomic mass is 10.1. The predicted octanol–water partition coefficient (Wildman–Crippen LogP) is 2.02. The average Bonchev–Trinajstić information content (AvgIpc) is 2.28. The van der Waals surface area contributed by atoms with Crippen LogP contribution in [0.3, 0.4) is 0 Å². The highest BCUT2D eigenvalue weighted by Gasteiger charge is 2.10. The van der Waals surface area contributed by atoms with Gasteiger partial charge in [-0.1, -0.05) is 6.92 Å². The van der Waals surface area contributed by atoms with Crippen molar-refractivity contribution in [2.45, 2.75) is 33.2 Å². The Morgan fingerprint density at radius 3 is 2.58 bits per heavy atom. The van der Waals surface area contributed by atoms with E-state index >= 15 is 0 Å². The number of rotatable bonds is 6. The number of amides is 1. The van der Waals surface area contributed by atoms with Gasteiger partial charge < -0.3 is 15.7 Å². The molecule has 1 aromatic carbocycles. The van der Waals surface area contributed by atoms with Crippen LogP contribution in [0, 0.1) is 6.92 Å². The van der Waals surface area contributed by atoms with Gasteiger partial charge in [-0.15, -0.1) is 0 Å². The Morgan fingerprint density at radius 1 is 1.37 bits per heavy atom. The van der Waals surface area contributed by atoms with Gasteiger partial charge in [0.2, 0.25) is 5.91 Å². The number of aromatic carboxylic acids is 1. The first kappa shape index (κ1) is 15.2. The Morgan fingerprint density at radius 2 is 2.05 bits per heavy atom. The Bertz CT molecular complexity index is 472. The summed E-state index contributed by atoms with van der Waals surface area (Å²) in [5.41, 5.74) is 1.50. The van der Waals surface area contributed by atoms with Crippen molar-refractivity contribution in [3.63, 3.8) is 0 Å². The molecule has 5 nitrogen and oxygen atoms in total. The summed E-state index contributed by atoms with van der Waals surface area (Å²) in [6, 6.07) is 4.89. The molecule has 19 heavy (non-hydrogen) atoms. The predicted molar refractivity (Wildman–Crippen MR) is 74.5 cm³/mol. The summed E-state index contributed by atoms with van der Waals surface area (Å²) in [7, 11) is 0. The van der Waals surface area contributed by atoms with E-state index in [-0.39, 0.29) is 17.5 Å². The molecule has 0 aliphatic carbocycles. The van der Waals surface area contributed by atoms with Crippen molar-refractivity contribution in [2.75, 3.05) is 11.9 Å². The Balaban J connectivity index is 2.65. The Kier molecular flexibility index (Phi) is 5.51. The average molecular weight is 264 g/mol. The van der Waals surface area contributed by atoms with Crippen LogP contribution in [0.25, 0.3) is 0 Å². The van der Waals surface area contributed by atoms with E-state index in [2.05, 4.69) is 10.6 Å². The summed E-state index contributed by atoms with van der Waals surface area (Å²) in [4.78, 5) is 22.6. The molecule has 0 aliphatic rings. The van der Waals surface area contributed by atoms with E-state index in [1.54, 1.807) is 19.1 Å². The van der Waals surface area contributed by atoms with Gasteiger partial charge in [0, 0.05) is 18.2 Å². The lowest BCUT2D eigenvalue weighted by Gasteiger charge is -2.12. The molecule has 0 aliphatic heterocycles. The largest absolute Gasteiger partial charge is 0.478 e. The summed E-state index contributed by atoms with van der Waals surface area (Å²) >= 11 is 0. The normalized spacial score (nSPS) is 11.9. The SMILES string of the molecule is CCNC(C)CC(=O)Nc1ccc(C(=O)O)c(C)c1. The molecular weight excluding hydrogens is 244 g/mol. The van der Waals surface area contributed by atoms with Crippen molar-refractivity contribution in [1.82, 2.24) is 5.32 Å². The molecule has 5 heteroatoms. The first-order valence-electron chi connectivity index (χ1n) is 6.31.